The number of para-hydroxylation sites is 1. The Morgan fingerprint density at radius 2 is 1.79 bits per heavy atom. The maximum absolute atomic E-state index is 11.8. The topological polar surface area (TPSA) is 52.5 Å². The zero-order valence-corrected chi connectivity index (χ0v) is 17.1. The molecule has 0 spiro atoms. The number of ether oxygens (including phenoxy) is 2. The molecule has 1 aliphatic rings. The molecule has 0 bridgehead atoms. The van der Waals surface area contributed by atoms with Gasteiger partial charge >= 0.3 is 5.97 Å². The maximum atomic E-state index is 11.8. The van der Waals surface area contributed by atoms with E-state index in [1.54, 1.807) is 7.11 Å². The first-order chi connectivity index (χ1) is 14.1. The lowest BCUT2D eigenvalue weighted by Crippen LogP contribution is -2.39. The van der Waals surface area contributed by atoms with Crippen LogP contribution in [0.1, 0.15) is 36.8 Å². The van der Waals surface area contributed by atoms with Crippen LogP contribution in [0.2, 0.25) is 0 Å². The smallest absolute Gasteiger partial charge is 0.325 e. The van der Waals surface area contributed by atoms with Gasteiger partial charge in [-0.3, -0.25) is 4.79 Å². The highest BCUT2D eigenvalue weighted by Crippen LogP contribution is 2.39. The average molecular weight is 392 g/mol. The van der Waals surface area contributed by atoms with Crippen molar-refractivity contribution in [2.24, 2.45) is 0 Å². The molecule has 0 saturated heterocycles. The number of aromatic nitrogens is 1. The first kappa shape index (κ1) is 19.5. The molecule has 1 aliphatic carbocycles. The van der Waals surface area contributed by atoms with E-state index in [0.717, 1.165) is 30.7 Å². The van der Waals surface area contributed by atoms with Gasteiger partial charge in [-0.05, 0) is 42.2 Å². The van der Waals surface area contributed by atoms with E-state index in [2.05, 4.69) is 35.8 Å². The predicted molar refractivity (Wildman–Crippen MR) is 114 cm³/mol. The third kappa shape index (κ3) is 3.87. The number of methoxy groups -OCH3 is 2. The molecule has 2 aromatic carbocycles. The number of nitrogens with one attached hydrogen (secondary N) is 1. The summed E-state index contributed by atoms with van der Waals surface area (Å²) in [4.78, 5) is 11.8. The highest BCUT2D eigenvalue weighted by molar-refractivity contribution is 5.85. The molecule has 1 heterocycles. The first-order valence-electron chi connectivity index (χ1n) is 10.2. The van der Waals surface area contributed by atoms with Crippen molar-refractivity contribution < 1.29 is 14.3 Å². The second kappa shape index (κ2) is 8.29. The summed E-state index contributed by atoms with van der Waals surface area (Å²) < 4.78 is 12.2. The molecule has 1 N–H and O–H groups in total. The van der Waals surface area contributed by atoms with Crippen molar-refractivity contribution in [3.8, 4) is 5.75 Å². The van der Waals surface area contributed by atoms with Crippen LogP contribution in [-0.4, -0.2) is 24.8 Å². The number of carbonyl (C=O) groups is 1. The van der Waals surface area contributed by atoms with Gasteiger partial charge in [0.1, 0.15) is 12.3 Å². The number of benzene rings is 2. The molecule has 0 atom stereocenters. The molecular weight excluding hydrogens is 364 g/mol. The predicted octanol–water partition coefficient (Wildman–Crippen LogP) is 4.38. The summed E-state index contributed by atoms with van der Waals surface area (Å²) in [6, 6.07) is 16.7. The van der Waals surface area contributed by atoms with Crippen molar-refractivity contribution in [2.75, 3.05) is 14.2 Å². The fourth-order valence-corrected chi connectivity index (χ4v) is 4.52. The SMILES string of the molecule is COC(=O)Cn1cc(CNC2(c3ccc(OC)cc3)CCCC2)c2ccccc21. The summed E-state index contributed by atoms with van der Waals surface area (Å²) in [6.45, 7) is 0.974. The Morgan fingerprint density at radius 3 is 2.48 bits per heavy atom. The molecule has 0 amide bonds. The first-order valence-corrected chi connectivity index (χ1v) is 10.2. The zero-order valence-electron chi connectivity index (χ0n) is 17.1. The van der Waals surface area contributed by atoms with Gasteiger partial charge in [0.15, 0.2) is 0 Å². The molecule has 5 nitrogen and oxygen atoms in total. The van der Waals surface area contributed by atoms with Crippen molar-refractivity contribution in [3.05, 3.63) is 65.9 Å². The summed E-state index contributed by atoms with van der Waals surface area (Å²) in [5.74, 6) is 0.642. The number of carbonyl (C=O) groups excluding carboxylic acids is 1. The number of hydrogen-bond acceptors (Lipinski definition) is 4. The summed E-state index contributed by atoms with van der Waals surface area (Å²) in [6.07, 6.45) is 6.78. The lowest BCUT2D eigenvalue weighted by Gasteiger charge is -2.31. The van der Waals surface area contributed by atoms with Gasteiger partial charge in [-0.25, -0.2) is 0 Å². The van der Waals surface area contributed by atoms with Crippen molar-refractivity contribution >= 4 is 16.9 Å². The van der Waals surface area contributed by atoms with Crippen molar-refractivity contribution in [1.82, 2.24) is 9.88 Å². The van der Waals surface area contributed by atoms with Gasteiger partial charge < -0.3 is 19.4 Å². The molecular formula is C24H28N2O3. The normalized spacial score (nSPS) is 15.5. The highest BCUT2D eigenvalue weighted by Gasteiger charge is 2.35. The van der Waals surface area contributed by atoms with Gasteiger partial charge in [-0.2, -0.15) is 0 Å². The maximum Gasteiger partial charge on any atom is 0.325 e. The van der Waals surface area contributed by atoms with Crippen LogP contribution in [0.4, 0.5) is 0 Å². The minimum Gasteiger partial charge on any atom is -0.497 e. The third-order valence-electron chi connectivity index (χ3n) is 6.12. The molecule has 1 aromatic heterocycles. The van der Waals surface area contributed by atoms with Crippen LogP contribution in [0.3, 0.4) is 0 Å². The summed E-state index contributed by atoms with van der Waals surface area (Å²) in [5.41, 5.74) is 3.55. The van der Waals surface area contributed by atoms with Gasteiger partial charge in [0.2, 0.25) is 0 Å². The zero-order chi connectivity index (χ0) is 20.3. The van der Waals surface area contributed by atoms with Crippen LogP contribution in [-0.2, 0) is 28.2 Å². The van der Waals surface area contributed by atoms with E-state index in [-0.39, 0.29) is 18.1 Å². The fourth-order valence-electron chi connectivity index (χ4n) is 4.52. The Kier molecular flexibility index (Phi) is 5.58. The molecule has 5 heteroatoms. The Hall–Kier alpha value is -2.79. The summed E-state index contributed by atoms with van der Waals surface area (Å²) in [7, 11) is 3.12. The van der Waals surface area contributed by atoms with E-state index in [4.69, 9.17) is 9.47 Å². The Balaban J connectivity index is 1.61. The van der Waals surface area contributed by atoms with E-state index in [0.29, 0.717) is 0 Å². The Morgan fingerprint density at radius 1 is 1.07 bits per heavy atom. The molecule has 152 valence electrons. The van der Waals surface area contributed by atoms with Crippen LogP contribution in [0.25, 0.3) is 10.9 Å². The van der Waals surface area contributed by atoms with E-state index < -0.39 is 0 Å². The van der Waals surface area contributed by atoms with Gasteiger partial charge in [-0.15, -0.1) is 0 Å². The van der Waals surface area contributed by atoms with Crippen LogP contribution >= 0.6 is 0 Å². The van der Waals surface area contributed by atoms with E-state index in [1.165, 1.54) is 36.5 Å². The lowest BCUT2D eigenvalue weighted by molar-refractivity contribution is -0.141. The second-order valence-corrected chi connectivity index (χ2v) is 7.75. The molecule has 1 saturated carbocycles. The lowest BCUT2D eigenvalue weighted by atomic mass is 9.88. The van der Waals surface area contributed by atoms with Crippen LogP contribution < -0.4 is 10.1 Å². The number of esters is 1. The minimum absolute atomic E-state index is 0.0160. The second-order valence-electron chi connectivity index (χ2n) is 7.75. The van der Waals surface area contributed by atoms with Crippen molar-refractivity contribution in [3.63, 3.8) is 0 Å². The van der Waals surface area contributed by atoms with E-state index >= 15 is 0 Å². The van der Waals surface area contributed by atoms with E-state index in [1.807, 2.05) is 28.8 Å². The molecule has 0 unspecified atom stereocenters. The molecule has 4 rings (SSSR count). The van der Waals surface area contributed by atoms with E-state index in [9.17, 15) is 4.79 Å². The molecule has 0 radical (unpaired) electrons. The molecule has 1 fully saturated rings. The minimum atomic E-state index is -0.240. The molecule has 29 heavy (non-hydrogen) atoms. The average Bonchev–Trinajstić information content (AvgIpc) is 3.38. The number of nitrogens with zero attached hydrogens (tertiary/aromatic N) is 1. The summed E-state index contributed by atoms with van der Waals surface area (Å²) in [5, 5.41) is 5.04. The Bertz CT molecular complexity index is 985. The highest BCUT2D eigenvalue weighted by atomic mass is 16.5. The largest absolute Gasteiger partial charge is 0.497 e. The number of hydrogen-bond donors (Lipinski definition) is 1. The van der Waals surface area contributed by atoms with Crippen LogP contribution in [0.15, 0.2) is 54.7 Å². The standard InChI is InChI=1S/C24H28N2O3/c1-28-20-11-9-19(10-12-20)24(13-5-6-14-24)25-15-18-16-26(17-23(27)29-2)22-8-4-3-7-21(18)22/h3-4,7-12,16,25H,5-6,13-15,17H2,1-2H3. The fraction of sp³-hybridized carbons (Fsp3) is 0.375. The monoisotopic (exact) mass is 392 g/mol. The van der Waals surface area contributed by atoms with Crippen LogP contribution in [0.5, 0.6) is 5.75 Å². The quantitative estimate of drug-likeness (QED) is 0.606. The third-order valence-corrected chi connectivity index (χ3v) is 6.12. The van der Waals surface area contributed by atoms with Gasteiger partial charge in [0, 0.05) is 29.2 Å². The van der Waals surface area contributed by atoms with Gasteiger partial charge in [0.25, 0.3) is 0 Å². The van der Waals surface area contributed by atoms with Gasteiger partial charge in [0.05, 0.1) is 14.2 Å². The Labute approximate surface area is 171 Å². The van der Waals surface area contributed by atoms with Crippen LogP contribution in [0, 0.1) is 0 Å². The molecule has 3 aromatic rings. The summed E-state index contributed by atoms with van der Waals surface area (Å²) >= 11 is 0. The number of rotatable bonds is 7. The van der Waals surface area contributed by atoms with Crippen molar-refractivity contribution in [2.45, 2.75) is 44.3 Å². The van der Waals surface area contributed by atoms with Gasteiger partial charge in [-0.1, -0.05) is 43.2 Å². The number of fused-ring (bicyclic) bond motifs is 1. The molecule has 0 aliphatic heterocycles. The van der Waals surface area contributed by atoms with Crippen molar-refractivity contribution in [1.29, 1.82) is 0 Å².